The smallest absolute Gasteiger partial charge is 0.253 e. The molecule has 0 atom stereocenters. The van der Waals surface area contributed by atoms with Crippen LogP contribution in [0.15, 0.2) is 18.2 Å². The van der Waals surface area contributed by atoms with Crippen LogP contribution in [0.5, 0.6) is 11.5 Å². The van der Waals surface area contributed by atoms with E-state index in [4.69, 9.17) is 9.47 Å². The van der Waals surface area contributed by atoms with Crippen LogP contribution in [-0.2, 0) is 0 Å². The second kappa shape index (κ2) is 10.3. The summed E-state index contributed by atoms with van der Waals surface area (Å²) < 4.78 is 11.0. The summed E-state index contributed by atoms with van der Waals surface area (Å²) in [6, 6.07) is 5.30. The van der Waals surface area contributed by atoms with Gasteiger partial charge in [-0.3, -0.25) is 4.79 Å². The largest absolute Gasteiger partial charge is 0.493 e. The van der Waals surface area contributed by atoms with Gasteiger partial charge in [0.15, 0.2) is 11.5 Å². The Morgan fingerprint density at radius 2 is 2.00 bits per heavy atom. The van der Waals surface area contributed by atoms with E-state index in [0.29, 0.717) is 36.1 Å². The molecule has 0 aliphatic carbocycles. The molecule has 1 aromatic carbocycles. The molecule has 1 aromatic rings. The molecule has 0 aliphatic rings. The van der Waals surface area contributed by atoms with Crippen molar-refractivity contribution in [2.75, 3.05) is 40.9 Å². The fraction of sp³-hybridized carbons (Fsp3) is 0.562. The topological polar surface area (TPSA) is 50.8 Å². The normalized spacial score (nSPS) is 10.1. The average Bonchev–Trinajstić information content (AvgIpc) is 2.49. The van der Waals surface area contributed by atoms with Crippen molar-refractivity contribution < 1.29 is 14.3 Å². The van der Waals surface area contributed by atoms with Gasteiger partial charge in [0.1, 0.15) is 0 Å². The van der Waals surface area contributed by atoms with Crippen LogP contribution < -0.4 is 14.8 Å². The van der Waals surface area contributed by atoms with Gasteiger partial charge >= 0.3 is 0 Å². The molecule has 0 heterocycles. The standard InChI is InChI=1S/C16H26N2O3.ClH/c1-12(2)11-21-14-7-6-13(10-15(14)20-5)16(19)18(4)9-8-17-3;/h6-7,10,12,17H,8-9,11H2,1-5H3;1H. The molecular weight excluding hydrogens is 304 g/mol. The second-order valence-corrected chi connectivity index (χ2v) is 5.40. The molecule has 0 saturated carbocycles. The number of benzene rings is 1. The van der Waals surface area contributed by atoms with E-state index in [9.17, 15) is 4.79 Å². The second-order valence-electron chi connectivity index (χ2n) is 5.40. The molecule has 0 bridgehead atoms. The summed E-state index contributed by atoms with van der Waals surface area (Å²) in [5, 5.41) is 3.03. The number of rotatable bonds is 8. The fourth-order valence-electron chi connectivity index (χ4n) is 1.78. The number of amides is 1. The van der Waals surface area contributed by atoms with Gasteiger partial charge in [0.2, 0.25) is 0 Å². The van der Waals surface area contributed by atoms with Gasteiger partial charge in [-0.05, 0) is 31.2 Å². The van der Waals surface area contributed by atoms with Crippen LogP contribution in [-0.4, -0.2) is 51.7 Å². The predicted molar refractivity (Wildman–Crippen MR) is 91.5 cm³/mol. The van der Waals surface area contributed by atoms with Crippen molar-refractivity contribution in [1.82, 2.24) is 10.2 Å². The van der Waals surface area contributed by atoms with Gasteiger partial charge < -0.3 is 19.7 Å². The zero-order chi connectivity index (χ0) is 15.8. The van der Waals surface area contributed by atoms with Gasteiger partial charge in [-0.15, -0.1) is 12.4 Å². The maximum atomic E-state index is 12.3. The molecule has 0 spiro atoms. The first kappa shape index (κ1) is 20.5. The van der Waals surface area contributed by atoms with E-state index in [0.717, 1.165) is 6.54 Å². The number of methoxy groups -OCH3 is 1. The van der Waals surface area contributed by atoms with Crippen molar-refractivity contribution in [3.8, 4) is 11.5 Å². The third-order valence-corrected chi connectivity index (χ3v) is 3.03. The van der Waals surface area contributed by atoms with Gasteiger partial charge in [-0.1, -0.05) is 13.8 Å². The van der Waals surface area contributed by atoms with E-state index in [2.05, 4.69) is 19.2 Å². The van der Waals surface area contributed by atoms with Crippen LogP contribution in [0.25, 0.3) is 0 Å². The Morgan fingerprint density at radius 1 is 1.32 bits per heavy atom. The molecular formula is C16H27ClN2O3. The third kappa shape index (κ3) is 6.12. The minimum absolute atomic E-state index is 0. The van der Waals surface area contributed by atoms with Crippen LogP contribution in [0.1, 0.15) is 24.2 Å². The molecule has 0 fully saturated rings. The highest BCUT2D eigenvalue weighted by Crippen LogP contribution is 2.28. The first-order valence-corrected chi connectivity index (χ1v) is 7.20. The van der Waals surface area contributed by atoms with Crippen molar-refractivity contribution in [2.45, 2.75) is 13.8 Å². The maximum Gasteiger partial charge on any atom is 0.253 e. The van der Waals surface area contributed by atoms with E-state index < -0.39 is 0 Å². The van der Waals surface area contributed by atoms with Crippen molar-refractivity contribution in [3.05, 3.63) is 23.8 Å². The summed E-state index contributed by atoms with van der Waals surface area (Å²) in [6.45, 7) is 6.20. The van der Waals surface area contributed by atoms with Crippen LogP contribution in [0, 0.1) is 5.92 Å². The first-order chi connectivity index (χ1) is 9.99. The lowest BCUT2D eigenvalue weighted by Gasteiger charge is -2.18. The highest BCUT2D eigenvalue weighted by molar-refractivity contribution is 5.94. The van der Waals surface area contributed by atoms with Crippen molar-refractivity contribution in [1.29, 1.82) is 0 Å². The highest BCUT2D eigenvalue weighted by Gasteiger charge is 2.14. The Bertz CT molecular complexity index is 467. The molecule has 0 unspecified atom stereocenters. The number of carbonyl (C=O) groups is 1. The monoisotopic (exact) mass is 330 g/mol. The van der Waals surface area contributed by atoms with Crippen molar-refractivity contribution in [3.63, 3.8) is 0 Å². The van der Waals surface area contributed by atoms with Gasteiger partial charge in [-0.25, -0.2) is 0 Å². The van der Waals surface area contributed by atoms with E-state index in [1.807, 2.05) is 7.05 Å². The van der Waals surface area contributed by atoms with Gasteiger partial charge in [0.05, 0.1) is 13.7 Å². The zero-order valence-corrected chi connectivity index (χ0v) is 14.8. The Morgan fingerprint density at radius 3 is 2.55 bits per heavy atom. The van der Waals surface area contributed by atoms with Gasteiger partial charge in [0, 0.05) is 25.7 Å². The van der Waals surface area contributed by atoms with Gasteiger partial charge in [0.25, 0.3) is 5.91 Å². The summed E-state index contributed by atoms with van der Waals surface area (Å²) in [4.78, 5) is 14.0. The lowest BCUT2D eigenvalue weighted by atomic mass is 10.1. The van der Waals surface area contributed by atoms with E-state index >= 15 is 0 Å². The van der Waals surface area contributed by atoms with Crippen LogP contribution in [0.2, 0.25) is 0 Å². The number of nitrogens with zero attached hydrogens (tertiary/aromatic N) is 1. The predicted octanol–water partition coefficient (Wildman–Crippen LogP) is 2.44. The number of likely N-dealkylation sites (N-methyl/N-ethyl adjacent to an activating group) is 2. The SMILES string of the molecule is CNCCN(C)C(=O)c1ccc(OCC(C)C)c(OC)c1.Cl. The molecule has 0 radical (unpaired) electrons. The molecule has 5 nitrogen and oxygen atoms in total. The number of ether oxygens (including phenoxy) is 2. The number of halogens is 1. The van der Waals surface area contributed by atoms with Crippen LogP contribution in [0.3, 0.4) is 0 Å². The average molecular weight is 331 g/mol. The molecule has 1 amide bonds. The Balaban J connectivity index is 0.00000441. The quantitative estimate of drug-likeness (QED) is 0.795. The number of hydrogen-bond donors (Lipinski definition) is 1. The third-order valence-electron chi connectivity index (χ3n) is 3.03. The Kier molecular flexibility index (Phi) is 9.61. The molecule has 22 heavy (non-hydrogen) atoms. The molecule has 1 N–H and O–H groups in total. The van der Waals surface area contributed by atoms with E-state index in [1.54, 1.807) is 37.3 Å². The lowest BCUT2D eigenvalue weighted by molar-refractivity contribution is 0.0796. The first-order valence-electron chi connectivity index (χ1n) is 7.20. The fourth-order valence-corrected chi connectivity index (χ4v) is 1.78. The van der Waals surface area contributed by atoms with Crippen molar-refractivity contribution >= 4 is 18.3 Å². The van der Waals surface area contributed by atoms with Crippen LogP contribution in [0.4, 0.5) is 0 Å². The van der Waals surface area contributed by atoms with E-state index in [1.165, 1.54) is 0 Å². The number of nitrogens with one attached hydrogen (secondary N) is 1. The highest BCUT2D eigenvalue weighted by atomic mass is 35.5. The summed E-state index contributed by atoms with van der Waals surface area (Å²) in [5.41, 5.74) is 0.599. The van der Waals surface area contributed by atoms with Crippen LogP contribution >= 0.6 is 12.4 Å². The minimum atomic E-state index is -0.0287. The summed E-state index contributed by atoms with van der Waals surface area (Å²) in [6.07, 6.45) is 0. The molecule has 0 aromatic heterocycles. The minimum Gasteiger partial charge on any atom is -0.493 e. The van der Waals surface area contributed by atoms with Crippen molar-refractivity contribution in [2.24, 2.45) is 5.92 Å². The molecule has 0 aliphatic heterocycles. The molecule has 0 saturated heterocycles. The molecule has 6 heteroatoms. The summed E-state index contributed by atoms with van der Waals surface area (Å²) in [5.74, 6) is 1.66. The van der Waals surface area contributed by atoms with E-state index in [-0.39, 0.29) is 18.3 Å². The van der Waals surface area contributed by atoms with Gasteiger partial charge in [-0.2, -0.15) is 0 Å². The number of hydrogen-bond acceptors (Lipinski definition) is 4. The summed E-state index contributed by atoms with van der Waals surface area (Å²) >= 11 is 0. The molecule has 126 valence electrons. The summed E-state index contributed by atoms with van der Waals surface area (Å²) in [7, 11) is 5.23. The maximum absolute atomic E-state index is 12.3. The zero-order valence-electron chi connectivity index (χ0n) is 14.0. The number of carbonyl (C=O) groups excluding carboxylic acids is 1. The Labute approximate surface area is 139 Å². The Hall–Kier alpha value is -1.46. The molecule has 1 rings (SSSR count). The lowest BCUT2D eigenvalue weighted by Crippen LogP contribution is -2.32.